The summed E-state index contributed by atoms with van der Waals surface area (Å²) in [5.74, 6) is 0.631. The number of nitrogens with zero attached hydrogens (tertiary/aromatic N) is 4. The Balaban J connectivity index is 2.40. The highest BCUT2D eigenvalue weighted by atomic mass is 16.3. The molecular formula is C10H14N4O. The Bertz CT molecular complexity index is 471. The second-order valence-electron chi connectivity index (χ2n) is 3.64. The van der Waals surface area contributed by atoms with Crippen LogP contribution in [0.5, 0.6) is 0 Å². The van der Waals surface area contributed by atoms with Gasteiger partial charge in [-0.25, -0.2) is 4.98 Å². The number of aliphatic hydroxyl groups is 1. The highest BCUT2D eigenvalue weighted by molar-refractivity contribution is 5.24. The van der Waals surface area contributed by atoms with Gasteiger partial charge < -0.3 is 9.67 Å². The molecule has 0 aliphatic rings. The van der Waals surface area contributed by atoms with Gasteiger partial charge in [0.05, 0.1) is 5.69 Å². The average molecular weight is 206 g/mol. The zero-order valence-electron chi connectivity index (χ0n) is 9.05. The van der Waals surface area contributed by atoms with Crippen LogP contribution in [0.15, 0.2) is 18.6 Å². The van der Waals surface area contributed by atoms with Crippen molar-refractivity contribution < 1.29 is 5.11 Å². The van der Waals surface area contributed by atoms with Crippen LogP contribution in [0, 0.1) is 6.92 Å². The van der Waals surface area contributed by atoms with E-state index in [9.17, 15) is 5.11 Å². The Labute approximate surface area is 88.0 Å². The first kappa shape index (κ1) is 9.92. The minimum absolute atomic E-state index is 0.631. The standard InChI is InChI=1S/C10H14N4O/c1-7-8(6-14(3)12-7)9(15)10-11-4-5-13(10)2/h4-6,9,15H,1-3H3. The second kappa shape index (κ2) is 3.51. The Morgan fingerprint density at radius 1 is 1.40 bits per heavy atom. The molecule has 2 rings (SSSR count). The molecule has 0 aliphatic carbocycles. The summed E-state index contributed by atoms with van der Waals surface area (Å²) >= 11 is 0. The number of aliphatic hydroxyl groups excluding tert-OH is 1. The van der Waals surface area contributed by atoms with E-state index < -0.39 is 6.10 Å². The summed E-state index contributed by atoms with van der Waals surface area (Å²) in [4.78, 5) is 4.12. The van der Waals surface area contributed by atoms with Crippen molar-refractivity contribution in [1.82, 2.24) is 19.3 Å². The Hall–Kier alpha value is -1.62. The van der Waals surface area contributed by atoms with Gasteiger partial charge in [-0.1, -0.05) is 0 Å². The number of hydrogen-bond acceptors (Lipinski definition) is 3. The molecule has 5 heteroatoms. The summed E-state index contributed by atoms with van der Waals surface area (Å²) in [6, 6.07) is 0. The van der Waals surface area contributed by atoms with Crippen LogP contribution in [-0.2, 0) is 14.1 Å². The van der Waals surface area contributed by atoms with E-state index in [1.165, 1.54) is 0 Å². The van der Waals surface area contributed by atoms with Crippen molar-refractivity contribution in [1.29, 1.82) is 0 Å². The van der Waals surface area contributed by atoms with E-state index in [2.05, 4.69) is 10.1 Å². The molecule has 0 saturated carbocycles. The lowest BCUT2D eigenvalue weighted by molar-refractivity contribution is 0.205. The van der Waals surface area contributed by atoms with Gasteiger partial charge in [0.25, 0.3) is 0 Å². The third-order valence-corrected chi connectivity index (χ3v) is 2.45. The fraction of sp³-hybridized carbons (Fsp3) is 0.400. The number of rotatable bonds is 2. The smallest absolute Gasteiger partial charge is 0.142 e. The van der Waals surface area contributed by atoms with E-state index in [0.717, 1.165) is 11.3 Å². The van der Waals surface area contributed by atoms with Gasteiger partial charge in [-0.05, 0) is 6.92 Å². The highest BCUT2D eigenvalue weighted by Crippen LogP contribution is 2.21. The first-order valence-electron chi connectivity index (χ1n) is 4.75. The monoisotopic (exact) mass is 206 g/mol. The lowest BCUT2D eigenvalue weighted by Gasteiger charge is -2.09. The molecule has 1 N–H and O–H groups in total. The maximum absolute atomic E-state index is 10.1. The van der Waals surface area contributed by atoms with Crippen LogP contribution in [-0.4, -0.2) is 24.4 Å². The van der Waals surface area contributed by atoms with E-state index in [-0.39, 0.29) is 0 Å². The molecule has 0 aromatic carbocycles. The quantitative estimate of drug-likeness (QED) is 0.780. The molecule has 0 amide bonds. The first-order chi connectivity index (χ1) is 7.09. The molecule has 0 fully saturated rings. The summed E-state index contributed by atoms with van der Waals surface area (Å²) in [5.41, 5.74) is 1.62. The normalized spacial score (nSPS) is 13.1. The summed E-state index contributed by atoms with van der Waals surface area (Å²) < 4.78 is 3.49. The molecule has 0 radical (unpaired) electrons. The minimum atomic E-state index is -0.710. The van der Waals surface area contributed by atoms with Crippen LogP contribution in [0.1, 0.15) is 23.2 Å². The maximum atomic E-state index is 10.1. The average Bonchev–Trinajstić information content (AvgIpc) is 2.71. The van der Waals surface area contributed by atoms with Gasteiger partial charge in [-0.3, -0.25) is 4.68 Å². The Morgan fingerprint density at radius 2 is 2.13 bits per heavy atom. The van der Waals surface area contributed by atoms with Gasteiger partial charge in [0.15, 0.2) is 0 Å². The van der Waals surface area contributed by atoms with Crippen LogP contribution in [0.25, 0.3) is 0 Å². The summed E-state index contributed by atoms with van der Waals surface area (Å²) in [6.45, 7) is 1.88. The van der Waals surface area contributed by atoms with Crippen molar-refractivity contribution in [3.63, 3.8) is 0 Å². The van der Waals surface area contributed by atoms with Crippen LogP contribution in [0.2, 0.25) is 0 Å². The lowest BCUT2D eigenvalue weighted by Crippen LogP contribution is -2.07. The van der Waals surface area contributed by atoms with E-state index in [1.807, 2.05) is 33.4 Å². The number of aromatic nitrogens is 4. The molecule has 2 aromatic rings. The molecule has 1 unspecified atom stereocenters. The van der Waals surface area contributed by atoms with E-state index in [0.29, 0.717) is 5.82 Å². The Kier molecular flexibility index (Phi) is 2.32. The second-order valence-corrected chi connectivity index (χ2v) is 3.64. The van der Waals surface area contributed by atoms with Crippen molar-refractivity contribution in [3.8, 4) is 0 Å². The molecule has 0 bridgehead atoms. The summed E-state index contributed by atoms with van der Waals surface area (Å²) in [7, 11) is 3.69. The third kappa shape index (κ3) is 1.66. The molecule has 0 aliphatic heterocycles. The fourth-order valence-corrected chi connectivity index (χ4v) is 1.67. The largest absolute Gasteiger partial charge is 0.380 e. The van der Waals surface area contributed by atoms with Crippen molar-refractivity contribution in [2.24, 2.45) is 14.1 Å². The highest BCUT2D eigenvalue weighted by Gasteiger charge is 2.18. The van der Waals surface area contributed by atoms with E-state index in [4.69, 9.17) is 0 Å². The zero-order chi connectivity index (χ0) is 11.0. The van der Waals surface area contributed by atoms with Crippen LogP contribution in [0.4, 0.5) is 0 Å². The number of hydrogen-bond donors (Lipinski definition) is 1. The van der Waals surface area contributed by atoms with Gasteiger partial charge >= 0.3 is 0 Å². The van der Waals surface area contributed by atoms with Crippen LogP contribution in [0.3, 0.4) is 0 Å². The van der Waals surface area contributed by atoms with Gasteiger partial charge in [-0.15, -0.1) is 0 Å². The minimum Gasteiger partial charge on any atom is -0.380 e. The van der Waals surface area contributed by atoms with E-state index in [1.54, 1.807) is 15.4 Å². The SMILES string of the molecule is Cc1nn(C)cc1C(O)c1nccn1C. The molecule has 2 aromatic heterocycles. The van der Waals surface area contributed by atoms with Gasteiger partial charge in [0, 0.05) is 38.2 Å². The maximum Gasteiger partial charge on any atom is 0.142 e. The predicted molar refractivity (Wildman–Crippen MR) is 55.2 cm³/mol. The Morgan fingerprint density at radius 3 is 2.60 bits per heavy atom. The number of aryl methyl sites for hydroxylation is 3. The molecule has 0 saturated heterocycles. The molecule has 80 valence electrons. The first-order valence-corrected chi connectivity index (χ1v) is 4.75. The zero-order valence-corrected chi connectivity index (χ0v) is 9.05. The molecule has 15 heavy (non-hydrogen) atoms. The predicted octanol–water partition coefficient (Wildman–Crippen LogP) is 0.544. The topological polar surface area (TPSA) is 55.9 Å². The van der Waals surface area contributed by atoms with Crippen molar-refractivity contribution in [2.45, 2.75) is 13.0 Å². The van der Waals surface area contributed by atoms with Gasteiger partial charge in [-0.2, -0.15) is 5.10 Å². The van der Waals surface area contributed by atoms with E-state index >= 15 is 0 Å². The lowest BCUT2D eigenvalue weighted by atomic mass is 10.1. The fourth-order valence-electron chi connectivity index (χ4n) is 1.67. The third-order valence-electron chi connectivity index (χ3n) is 2.45. The molecule has 5 nitrogen and oxygen atoms in total. The summed E-state index contributed by atoms with van der Waals surface area (Å²) in [5, 5.41) is 14.3. The van der Waals surface area contributed by atoms with Gasteiger partial charge in [0.1, 0.15) is 11.9 Å². The van der Waals surface area contributed by atoms with Gasteiger partial charge in [0.2, 0.25) is 0 Å². The summed E-state index contributed by atoms with van der Waals surface area (Å²) in [6.07, 6.45) is 4.59. The van der Waals surface area contributed by atoms with Crippen molar-refractivity contribution in [3.05, 3.63) is 35.7 Å². The van der Waals surface area contributed by atoms with Crippen LogP contribution < -0.4 is 0 Å². The molecule has 1 atom stereocenters. The van der Waals surface area contributed by atoms with Crippen molar-refractivity contribution >= 4 is 0 Å². The molecule has 2 heterocycles. The van der Waals surface area contributed by atoms with Crippen LogP contribution >= 0.6 is 0 Å². The molecule has 0 spiro atoms. The number of imidazole rings is 1. The van der Waals surface area contributed by atoms with Crippen molar-refractivity contribution in [2.75, 3.05) is 0 Å². The molecular weight excluding hydrogens is 192 g/mol.